The fourth-order valence-electron chi connectivity index (χ4n) is 3.30. The van der Waals surface area contributed by atoms with Crippen molar-refractivity contribution in [3.63, 3.8) is 0 Å². The average molecular weight is 285 g/mol. The van der Waals surface area contributed by atoms with Gasteiger partial charge in [0.15, 0.2) is 0 Å². The molecule has 3 rings (SSSR count). The molecule has 2 aromatic rings. The van der Waals surface area contributed by atoms with Crippen LogP contribution in [-0.4, -0.2) is 16.7 Å². The lowest BCUT2D eigenvalue weighted by atomic mass is 9.84. The van der Waals surface area contributed by atoms with Gasteiger partial charge in [0.1, 0.15) is 11.6 Å². The van der Waals surface area contributed by atoms with Crippen molar-refractivity contribution in [3.05, 3.63) is 47.5 Å². The molecule has 0 amide bonds. The van der Waals surface area contributed by atoms with Crippen molar-refractivity contribution in [2.24, 2.45) is 5.73 Å². The van der Waals surface area contributed by atoms with Gasteiger partial charge in [-0.15, -0.1) is 0 Å². The van der Waals surface area contributed by atoms with Gasteiger partial charge in [0, 0.05) is 18.8 Å². The minimum atomic E-state index is -0.00587. The molecule has 4 nitrogen and oxygen atoms in total. The Labute approximate surface area is 125 Å². The highest BCUT2D eigenvalue weighted by Gasteiger charge is 2.29. The molecule has 0 bridgehead atoms. The number of nitrogens with two attached hydrogens (primary N) is 1. The van der Waals surface area contributed by atoms with Crippen molar-refractivity contribution >= 4 is 0 Å². The molecule has 21 heavy (non-hydrogen) atoms. The molecule has 0 saturated carbocycles. The standard InChI is InChI=1S/C17H23N3O/c1-3-4-16-19-9-10-20(16)15-8-6-12-5-7-13(21-2)11-14(12)17(15)18/h5,7,9-11,15,17H,3-4,6,8,18H2,1-2H3. The van der Waals surface area contributed by atoms with Crippen LogP contribution >= 0.6 is 0 Å². The molecule has 112 valence electrons. The lowest BCUT2D eigenvalue weighted by Crippen LogP contribution is -2.30. The van der Waals surface area contributed by atoms with Gasteiger partial charge in [-0.25, -0.2) is 4.98 Å². The first-order valence-electron chi connectivity index (χ1n) is 7.68. The zero-order chi connectivity index (χ0) is 14.8. The van der Waals surface area contributed by atoms with Crippen molar-refractivity contribution < 1.29 is 4.74 Å². The lowest BCUT2D eigenvalue weighted by molar-refractivity contribution is 0.357. The Bertz CT molecular complexity index is 620. The van der Waals surface area contributed by atoms with E-state index in [2.05, 4.69) is 34.8 Å². The Morgan fingerprint density at radius 3 is 3.05 bits per heavy atom. The summed E-state index contributed by atoms with van der Waals surface area (Å²) in [6.07, 6.45) is 8.18. The van der Waals surface area contributed by atoms with Crippen LogP contribution in [0.5, 0.6) is 5.75 Å². The van der Waals surface area contributed by atoms with E-state index in [4.69, 9.17) is 10.5 Å². The molecule has 1 aromatic carbocycles. The van der Waals surface area contributed by atoms with Crippen LogP contribution in [0.1, 0.15) is 48.8 Å². The number of methoxy groups -OCH3 is 1. The van der Waals surface area contributed by atoms with E-state index >= 15 is 0 Å². The third-order valence-electron chi connectivity index (χ3n) is 4.42. The molecule has 0 radical (unpaired) electrons. The zero-order valence-electron chi connectivity index (χ0n) is 12.7. The van der Waals surface area contributed by atoms with E-state index < -0.39 is 0 Å². The van der Waals surface area contributed by atoms with Crippen LogP contribution in [0.4, 0.5) is 0 Å². The molecule has 2 N–H and O–H groups in total. The highest BCUT2D eigenvalue weighted by atomic mass is 16.5. The average Bonchev–Trinajstić information content (AvgIpc) is 2.96. The molecule has 1 aromatic heterocycles. The van der Waals surface area contributed by atoms with Crippen molar-refractivity contribution in [2.45, 2.75) is 44.7 Å². The van der Waals surface area contributed by atoms with Crippen molar-refractivity contribution in [2.75, 3.05) is 7.11 Å². The summed E-state index contributed by atoms with van der Waals surface area (Å²) in [6.45, 7) is 2.18. The predicted octanol–water partition coefficient (Wildman–Crippen LogP) is 3.03. The molecule has 2 unspecified atom stereocenters. The number of aromatic nitrogens is 2. The first-order chi connectivity index (χ1) is 10.2. The number of fused-ring (bicyclic) bond motifs is 1. The second-order valence-corrected chi connectivity index (χ2v) is 5.70. The SMILES string of the molecule is CCCc1nccn1C1CCc2ccc(OC)cc2C1N. The van der Waals surface area contributed by atoms with E-state index in [0.717, 1.165) is 37.3 Å². The number of imidazole rings is 1. The Balaban J connectivity index is 1.94. The van der Waals surface area contributed by atoms with Crippen molar-refractivity contribution in [1.29, 1.82) is 0 Å². The van der Waals surface area contributed by atoms with Crippen molar-refractivity contribution in [3.8, 4) is 5.75 Å². The highest BCUT2D eigenvalue weighted by Crippen LogP contribution is 2.38. The number of nitrogens with zero attached hydrogens (tertiary/aromatic N) is 2. The van der Waals surface area contributed by atoms with Crippen LogP contribution in [0.2, 0.25) is 0 Å². The topological polar surface area (TPSA) is 53.1 Å². The normalized spacial score (nSPS) is 21.1. The van der Waals surface area contributed by atoms with Crippen LogP contribution in [0.15, 0.2) is 30.6 Å². The number of rotatable bonds is 4. The summed E-state index contributed by atoms with van der Waals surface area (Å²) < 4.78 is 7.62. The summed E-state index contributed by atoms with van der Waals surface area (Å²) in [5.41, 5.74) is 9.12. The minimum Gasteiger partial charge on any atom is -0.497 e. The Morgan fingerprint density at radius 2 is 2.29 bits per heavy atom. The number of hydrogen-bond acceptors (Lipinski definition) is 3. The zero-order valence-corrected chi connectivity index (χ0v) is 12.7. The van der Waals surface area contributed by atoms with Crippen LogP contribution in [0, 0.1) is 0 Å². The molecule has 0 fully saturated rings. The predicted molar refractivity (Wildman–Crippen MR) is 83.5 cm³/mol. The molecule has 0 saturated heterocycles. The van der Waals surface area contributed by atoms with E-state index in [-0.39, 0.29) is 12.1 Å². The molecule has 1 aliphatic rings. The van der Waals surface area contributed by atoms with E-state index in [1.54, 1.807) is 7.11 Å². The first-order valence-corrected chi connectivity index (χ1v) is 7.68. The number of benzene rings is 1. The van der Waals surface area contributed by atoms with Gasteiger partial charge in [-0.1, -0.05) is 13.0 Å². The number of hydrogen-bond donors (Lipinski definition) is 1. The highest BCUT2D eigenvalue weighted by molar-refractivity contribution is 5.40. The summed E-state index contributed by atoms with van der Waals surface area (Å²) >= 11 is 0. The lowest BCUT2D eigenvalue weighted by Gasteiger charge is -2.33. The van der Waals surface area contributed by atoms with Gasteiger partial charge < -0.3 is 15.0 Å². The molecule has 0 spiro atoms. The Morgan fingerprint density at radius 1 is 1.43 bits per heavy atom. The van der Waals surface area contributed by atoms with Gasteiger partial charge in [0.05, 0.1) is 19.2 Å². The largest absolute Gasteiger partial charge is 0.497 e. The van der Waals surface area contributed by atoms with Crippen LogP contribution < -0.4 is 10.5 Å². The molecule has 0 aliphatic heterocycles. The van der Waals surface area contributed by atoms with E-state index in [1.165, 1.54) is 11.1 Å². The monoisotopic (exact) mass is 285 g/mol. The quantitative estimate of drug-likeness (QED) is 0.939. The van der Waals surface area contributed by atoms with Gasteiger partial charge in [0.2, 0.25) is 0 Å². The maximum atomic E-state index is 6.57. The second kappa shape index (κ2) is 5.90. The smallest absolute Gasteiger partial charge is 0.119 e. The number of aryl methyl sites for hydroxylation is 2. The first kappa shape index (κ1) is 14.1. The number of ether oxygens (including phenoxy) is 1. The van der Waals surface area contributed by atoms with Crippen LogP contribution in [0.25, 0.3) is 0 Å². The van der Waals surface area contributed by atoms with E-state index in [0.29, 0.717) is 0 Å². The summed E-state index contributed by atoms with van der Waals surface area (Å²) in [4.78, 5) is 4.49. The fourth-order valence-corrected chi connectivity index (χ4v) is 3.30. The molecular formula is C17H23N3O. The second-order valence-electron chi connectivity index (χ2n) is 5.70. The summed E-state index contributed by atoms with van der Waals surface area (Å²) in [7, 11) is 1.70. The van der Waals surface area contributed by atoms with E-state index in [1.807, 2.05) is 12.3 Å². The summed E-state index contributed by atoms with van der Waals surface area (Å²) in [5, 5.41) is 0. The van der Waals surface area contributed by atoms with Gasteiger partial charge in [-0.3, -0.25) is 0 Å². The third kappa shape index (κ3) is 2.56. The van der Waals surface area contributed by atoms with Gasteiger partial charge >= 0.3 is 0 Å². The Hall–Kier alpha value is -1.81. The molecular weight excluding hydrogens is 262 g/mol. The van der Waals surface area contributed by atoms with Gasteiger partial charge in [0.25, 0.3) is 0 Å². The molecule has 1 aliphatic carbocycles. The summed E-state index contributed by atoms with van der Waals surface area (Å²) in [5.74, 6) is 2.02. The molecule has 4 heteroatoms. The maximum absolute atomic E-state index is 6.57. The third-order valence-corrected chi connectivity index (χ3v) is 4.42. The van der Waals surface area contributed by atoms with Gasteiger partial charge in [-0.2, -0.15) is 0 Å². The van der Waals surface area contributed by atoms with Crippen molar-refractivity contribution in [1.82, 2.24) is 9.55 Å². The fraction of sp³-hybridized carbons (Fsp3) is 0.471. The van der Waals surface area contributed by atoms with E-state index in [9.17, 15) is 0 Å². The minimum absolute atomic E-state index is 0.00587. The van der Waals surface area contributed by atoms with Gasteiger partial charge in [-0.05, 0) is 42.5 Å². The maximum Gasteiger partial charge on any atom is 0.119 e. The van der Waals surface area contributed by atoms with Crippen LogP contribution in [0.3, 0.4) is 0 Å². The van der Waals surface area contributed by atoms with Crippen LogP contribution in [-0.2, 0) is 12.8 Å². The molecule has 2 atom stereocenters. The summed E-state index contributed by atoms with van der Waals surface area (Å²) in [6, 6.07) is 6.53. The Kier molecular flexibility index (Phi) is 3.97. The molecule has 1 heterocycles.